The molecule has 72 valence electrons. The first-order chi connectivity index (χ1) is 6.25. The Bertz CT molecular complexity index is 276. The molecule has 13 heavy (non-hydrogen) atoms. The van der Waals surface area contributed by atoms with Crippen molar-refractivity contribution in [1.29, 1.82) is 0 Å². The van der Waals surface area contributed by atoms with E-state index in [4.69, 9.17) is 0 Å². The minimum Gasteiger partial charge on any atom is -0.393 e. The number of aliphatic hydroxyl groups is 1. The second-order valence-corrected chi connectivity index (χ2v) is 3.59. The van der Waals surface area contributed by atoms with Gasteiger partial charge in [-0.05, 0) is 12.8 Å². The van der Waals surface area contributed by atoms with Crippen LogP contribution in [-0.4, -0.2) is 34.1 Å². The minimum absolute atomic E-state index is 0.104. The highest BCUT2D eigenvalue weighted by Crippen LogP contribution is 2.18. The van der Waals surface area contributed by atoms with Crippen LogP contribution >= 0.6 is 0 Å². The average Bonchev–Trinajstić information content (AvgIpc) is 2.53. The van der Waals surface area contributed by atoms with Crippen LogP contribution in [0.3, 0.4) is 0 Å². The smallest absolute Gasteiger partial charge is 0.0752 e. The fourth-order valence-electron chi connectivity index (χ4n) is 1.70. The van der Waals surface area contributed by atoms with Gasteiger partial charge in [-0.15, -0.1) is 0 Å². The summed E-state index contributed by atoms with van der Waals surface area (Å²) in [6.07, 6.45) is 5.52. The molecule has 0 radical (unpaired) electrons. The molecule has 0 unspecified atom stereocenters. The molecular formula is C9H15N3O. The largest absolute Gasteiger partial charge is 0.393 e. The Balaban J connectivity index is 2.02. The van der Waals surface area contributed by atoms with Crippen LogP contribution in [0.5, 0.6) is 0 Å². The van der Waals surface area contributed by atoms with Crippen molar-refractivity contribution in [3.8, 4) is 0 Å². The lowest BCUT2D eigenvalue weighted by molar-refractivity contribution is 0.145. The zero-order chi connectivity index (χ0) is 9.26. The Labute approximate surface area is 77.8 Å². The van der Waals surface area contributed by atoms with Crippen LogP contribution in [0, 0.1) is 0 Å². The number of anilines is 1. The number of aromatic nitrogens is 2. The normalized spacial score (nSPS) is 19.4. The molecule has 0 amide bonds. The summed E-state index contributed by atoms with van der Waals surface area (Å²) < 4.78 is 1.81. The summed E-state index contributed by atoms with van der Waals surface area (Å²) in [5.74, 6) is 0. The molecule has 0 atom stereocenters. The molecule has 4 nitrogen and oxygen atoms in total. The van der Waals surface area contributed by atoms with E-state index in [1.165, 1.54) is 0 Å². The molecule has 2 rings (SSSR count). The van der Waals surface area contributed by atoms with Gasteiger partial charge in [-0.1, -0.05) is 0 Å². The van der Waals surface area contributed by atoms with Crippen molar-refractivity contribution in [1.82, 2.24) is 9.78 Å². The monoisotopic (exact) mass is 181 g/mol. The van der Waals surface area contributed by atoms with Gasteiger partial charge in [0.15, 0.2) is 0 Å². The SMILES string of the molecule is Cn1cc(N2CCC(O)CC2)cn1. The predicted molar refractivity (Wildman–Crippen MR) is 50.7 cm³/mol. The third kappa shape index (κ3) is 1.83. The van der Waals surface area contributed by atoms with Crippen molar-refractivity contribution in [3.63, 3.8) is 0 Å². The summed E-state index contributed by atoms with van der Waals surface area (Å²) in [4.78, 5) is 2.26. The van der Waals surface area contributed by atoms with Crippen LogP contribution in [0.15, 0.2) is 12.4 Å². The summed E-state index contributed by atoms with van der Waals surface area (Å²) in [5, 5.41) is 13.5. The van der Waals surface area contributed by atoms with Crippen molar-refractivity contribution in [2.45, 2.75) is 18.9 Å². The number of nitrogens with zero attached hydrogens (tertiary/aromatic N) is 3. The van der Waals surface area contributed by atoms with Crippen molar-refractivity contribution in [3.05, 3.63) is 12.4 Å². The fourth-order valence-corrected chi connectivity index (χ4v) is 1.70. The van der Waals surface area contributed by atoms with Crippen LogP contribution in [0.1, 0.15) is 12.8 Å². The zero-order valence-corrected chi connectivity index (χ0v) is 7.85. The Kier molecular flexibility index (Phi) is 2.22. The number of hydrogen-bond acceptors (Lipinski definition) is 3. The maximum Gasteiger partial charge on any atom is 0.0752 e. The van der Waals surface area contributed by atoms with E-state index in [9.17, 15) is 5.11 Å². The van der Waals surface area contributed by atoms with Crippen molar-refractivity contribution < 1.29 is 5.11 Å². The van der Waals surface area contributed by atoms with E-state index in [1.54, 1.807) is 4.68 Å². The molecule has 0 spiro atoms. The first-order valence-corrected chi connectivity index (χ1v) is 4.67. The fraction of sp³-hybridized carbons (Fsp3) is 0.667. The van der Waals surface area contributed by atoms with E-state index < -0.39 is 0 Å². The molecule has 1 N–H and O–H groups in total. The lowest BCUT2D eigenvalue weighted by atomic mass is 10.1. The second kappa shape index (κ2) is 3.38. The molecule has 0 aromatic carbocycles. The highest BCUT2D eigenvalue weighted by molar-refractivity contribution is 5.42. The number of rotatable bonds is 1. The first kappa shape index (κ1) is 8.56. The lowest BCUT2D eigenvalue weighted by Crippen LogP contribution is -2.35. The van der Waals surface area contributed by atoms with E-state index >= 15 is 0 Å². The van der Waals surface area contributed by atoms with Crippen LogP contribution in [0.4, 0.5) is 5.69 Å². The van der Waals surface area contributed by atoms with Crippen LogP contribution in [0.2, 0.25) is 0 Å². The van der Waals surface area contributed by atoms with Gasteiger partial charge in [0.1, 0.15) is 0 Å². The molecule has 0 saturated carbocycles. The van der Waals surface area contributed by atoms with E-state index in [-0.39, 0.29) is 6.10 Å². The lowest BCUT2D eigenvalue weighted by Gasteiger charge is -2.30. The Morgan fingerprint density at radius 1 is 1.46 bits per heavy atom. The summed E-state index contributed by atoms with van der Waals surface area (Å²) in [7, 11) is 1.92. The molecule has 1 aliphatic rings. The predicted octanol–water partition coefficient (Wildman–Crippen LogP) is 0.381. The van der Waals surface area contributed by atoms with Gasteiger partial charge >= 0.3 is 0 Å². The van der Waals surface area contributed by atoms with Gasteiger partial charge in [-0.2, -0.15) is 5.10 Å². The van der Waals surface area contributed by atoms with Crippen LogP contribution in [-0.2, 0) is 7.05 Å². The molecule has 1 aromatic rings. The summed E-state index contributed by atoms with van der Waals surface area (Å²) in [6.45, 7) is 1.87. The second-order valence-electron chi connectivity index (χ2n) is 3.59. The van der Waals surface area contributed by atoms with Gasteiger partial charge < -0.3 is 10.0 Å². The Morgan fingerprint density at radius 3 is 2.69 bits per heavy atom. The number of aryl methyl sites for hydroxylation is 1. The van der Waals surface area contributed by atoms with Gasteiger partial charge in [0.05, 0.1) is 18.0 Å². The maximum atomic E-state index is 9.33. The van der Waals surface area contributed by atoms with E-state index in [0.717, 1.165) is 31.6 Å². The molecule has 1 aliphatic heterocycles. The highest BCUT2D eigenvalue weighted by Gasteiger charge is 2.17. The quantitative estimate of drug-likeness (QED) is 0.681. The number of hydrogen-bond donors (Lipinski definition) is 1. The van der Waals surface area contributed by atoms with Gasteiger partial charge in [0, 0.05) is 26.3 Å². The standard InChI is InChI=1S/C9H15N3O/c1-11-7-8(6-10-11)12-4-2-9(13)3-5-12/h6-7,9,13H,2-5H2,1H3. The molecule has 2 heterocycles. The third-order valence-corrected chi connectivity index (χ3v) is 2.52. The minimum atomic E-state index is -0.104. The molecule has 1 fully saturated rings. The number of piperidine rings is 1. The summed E-state index contributed by atoms with van der Waals surface area (Å²) in [6, 6.07) is 0. The zero-order valence-electron chi connectivity index (χ0n) is 7.85. The van der Waals surface area contributed by atoms with E-state index in [1.807, 2.05) is 19.4 Å². The van der Waals surface area contributed by atoms with E-state index in [0.29, 0.717) is 0 Å². The molecule has 0 bridgehead atoms. The van der Waals surface area contributed by atoms with Crippen molar-refractivity contribution in [2.75, 3.05) is 18.0 Å². The average molecular weight is 181 g/mol. The van der Waals surface area contributed by atoms with Gasteiger partial charge in [-0.25, -0.2) is 0 Å². The molecule has 1 aromatic heterocycles. The molecule has 4 heteroatoms. The van der Waals surface area contributed by atoms with Gasteiger partial charge in [0.25, 0.3) is 0 Å². The van der Waals surface area contributed by atoms with E-state index in [2.05, 4.69) is 10.00 Å². The molecule has 0 aliphatic carbocycles. The number of aliphatic hydroxyl groups excluding tert-OH is 1. The van der Waals surface area contributed by atoms with Crippen molar-refractivity contribution in [2.24, 2.45) is 7.05 Å². The van der Waals surface area contributed by atoms with Gasteiger partial charge in [0.2, 0.25) is 0 Å². The van der Waals surface area contributed by atoms with Crippen LogP contribution in [0.25, 0.3) is 0 Å². The first-order valence-electron chi connectivity index (χ1n) is 4.67. The Morgan fingerprint density at radius 2 is 2.15 bits per heavy atom. The van der Waals surface area contributed by atoms with Gasteiger partial charge in [-0.3, -0.25) is 4.68 Å². The van der Waals surface area contributed by atoms with Crippen molar-refractivity contribution >= 4 is 5.69 Å². The molecular weight excluding hydrogens is 166 g/mol. The highest BCUT2D eigenvalue weighted by atomic mass is 16.3. The third-order valence-electron chi connectivity index (χ3n) is 2.52. The van der Waals surface area contributed by atoms with Crippen LogP contribution < -0.4 is 4.90 Å². The summed E-state index contributed by atoms with van der Waals surface area (Å²) >= 11 is 0. The maximum absolute atomic E-state index is 9.33. The topological polar surface area (TPSA) is 41.3 Å². The molecule has 1 saturated heterocycles. The summed E-state index contributed by atoms with van der Waals surface area (Å²) in [5.41, 5.74) is 1.16. The Hall–Kier alpha value is -1.03.